The highest BCUT2D eigenvalue weighted by molar-refractivity contribution is 7.99. The van der Waals surface area contributed by atoms with Crippen molar-refractivity contribution < 1.29 is 0 Å². The first-order valence-corrected chi connectivity index (χ1v) is 5.61. The third-order valence-corrected chi connectivity index (χ3v) is 2.55. The van der Waals surface area contributed by atoms with Crippen LogP contribution in [0.15, 0.2) is 36.4 Å². The van der Waals surface area contributed by atoms with Gasteiger partial charge in [-0.25, -0.2) is 0 Å². The molecule has 0 bridgehead atoms. The van der Waals surface area contributed by atoms with Gasteiger partial charge in [-0.3, -0.25) is 0 Å². The molecule has 0 aliphatic rings. The van der Waals surface area contributed by atoms with Crippen LogP contribution in [0.25, 0.3) is 10.8 Å². The van der Waals surface area contributed by atoms with Crippen LogP contribution in [0.5, 0.6) is 0 Å². The minimum Gasteiger partial charge on any atom is -0.398 e. The summed E-state index contributed by atoms with van der Waals surface area (Å²) < 4.78 is 3.18. The van der Waals surface area contributed by atoms with Crippen molar-refractivity contribution in [3.63, 3.8) is 0 Å². The maximum absolute atomic E-state index is 5.94. The number of rotatable bonds is 2. The summed E-state index contributed by atoms with van der Waals surface area (Å²) in [6, 6.07) is 12.2. The van der Waals surface area contributed by atoms with Gasteiger partial charge >= 0.3 is 0 Å². The average molecular weight is 204 g/mol. The molecule has 2 nitrogen and oxygen atoms in total. The van der Waals surface area contributed by atoms with Gasteiger partial charge in [-0.05, 0) is 17.5 Å². The summed E-state index contributed by atoms with van der Waals surface area (Å²) in [5.74, 6) is 0. The van der Waals surface area contributed by atoms with Crippen molar-refractivity contribution >= 4 is 34.1 Å². The Balaban J connectivity index is 2.60. The molecule has 0 aliphatic carbocycles. The summed E-state index contributed by atoms with van der Waals surface area (Å²) >= 11 is 1.57. The zero-order valence-electron chi connectivity index (χ0n) is 7.95. The Morgan fingerprint density at radius 3 is 2.79 bits per heavy atom. The molecule has 0 aromatic heterocycles. The number of benzene rings is 2. The molecule has 0 radical (unpaired) electrons. The molecule has 0 heterocycles. The van der Waals surface area contributed by atoms with E-state index in [1.54, 1.807) is 11.9 Å². The number of nitrogen functional groups attached to an aromatic ring is 1. The minimum absolute atomic E-state index is 0.819. The van der Waals surface area contributed by atoms with E-state index in [9.17, 15) is 0 Å². The van der Waals surface area contributed by atoms with Crippen molar-refractivity contribution in [3.8, 4) is 0 Å². The zero-order chi connectivity index (χ0) is 9.97. The van der Waals surface area contributed by atoms with E-state index < -0.39 is 0 Å². The topological polar surface area (TPSA) is 38.0 Å². The Bertz CT molecular complexity index is 454. The van der Waals surface area contributed by atoms with Gasteiger partial charge in [0.15, 0.2) is 0 Å². The summed E-state index contributed by atoms with van der Waals surface area (Å²) in [4.78, 5) is 0. The number of anilines is 2. The molecule has 2 aromatic carbocycles. The standard InChI is InChI=1S/C11H12N2S/c1-14-13-9-6-8-4-2-3-5-10(8)11(12)7-9/h2-7,13H,12H2,1H3. The molecule has 0 amide bonds. The van der Waals surface area contributed by atoms with Gasteiger partial charge in [0, 0.05) is 23.0 Å². The molecule has 3 N–H and O–H groups in total. The Labute approximate surface area is 87.6 Å². The summed E-state index contributed by atoms with van der Waals surface area (Å²) in [6.07, 6.45) is 1.99. The second-order valence-electron chi connectivity index (χ2n) is 3.09. The third-order valence-electron chi connectivity index (χ3n) is 2.11. The molecular formula is C11H12N2S. The predicted octanol–water partition coefficient (Wildman–Crippen LogP) is 3.11. The minimum atomic E-state index is 0.819. The number of nitrogens with one attached hydrogen (secondary N) is 1. The molecule has 0 atom stereocenters. The van der Waals surface area contributed by atoms with Crippen molar-refractivity contribution in [2.75, 3.05) is 16.7 Å². The Hall–Kier alpha value is -1.35. The molecule has 2 rings (SSSR count). The molecule has 14 heavy (non-hydrogen) atoms. The fourth-order valence-electron chi connectivity index (χ4n) is 1.52. The van der Waals surface area contributed by atoms with Crippen LogP contribution in [-0.4, -0.2) is 6.26 Å². The second-order valence-corrected chi connectivity index (χ2v) is 3.71. The fourth-order valence-corrected chi connectivity index (χ4v) is 1.87. The molecule has 0 saturated carbocycles. The van der Waals surface area contributed by atoms with Crippen LogP contribution in [0.4, 0.5) is 11.4 Å². The van der Waals surface area contributed by atoms with Gasteiger partial charge in [-0.2, -0.15) is 0 Å². The molecule has 3 heteroatoms. The Kier molecular flexibility index (Phi) is 2.50. The van der Waals surface area contributed by atoms with Crippen LogP contribution in [0.1, 0.15) is 0 Å². The van der Waals surface area contributed by atoms with Gasteiger partial charge in [0.1, 0.15) is 0 Å². The predicted molar refractivity (Wildman–Crippen MR) is 65.5 cm³/mol. The largest absolute Gasteiger partial charge is 0.398 e. The van der Waals surface area contributed by atoms with Gasteiger partial charge in [0.2, 0.25) is 0 Å². The summed E-state index contributed by atoms with van der Waals surface area (Å²) in [5.41, 5.74) is 7.81. The molecule has 0 spiro atoms. The maximum atomic E-state index is 5.94. The van der Waals surface area contributed by atoms with Gasteiger partial charge in [0.05, 0.1) is 0 Å². The molecule has 2 aromatic rings. The quantitative estimate of drug-likeness (QED) is 0.583. The van der Waals surface area contributed by atoms with Crippen LogP contribution in [-0.2, 0) is 0 Å². The molecule has 0 fully saturated rings. The lowest BCUT2D eigenvalue weighted by Gasteiger charge is -2.07. The normalized spacial score (nSPS) is 10.4. The summed E-state index contributed by atoms with van der Waals surface area (Å²) in [6.45, 7) is 0. The maximum Gasteiger partial charge on any atom is 0.0466 e. The average Bonchev–Trinajstić information content (AvgIpc) is 2.18. The van der Waals surface area contributed by atoms with Crippen LogP contribution in [0.2, 0.25) is 0 Å². The van der Waals surface area contributed by atoms with Gasteiger partial charge in [-0.1, -0.05) is 36.2 Å². The van der Waals surface area contributed by atoms with Crippen LogP contribution in [0, 0.1) is 0 Å². The van der Waals surface area contributed by atoms with E-state index in [1.165, 1.54) is 5.39 Å². The molecule has 0 saturated heterocycles. The van der Waals surface area contributed by atoms with Crippen molar-refractivity contribution in [2.45, 2.75) is 0 Å². The number of nitrogens with two attached hydrogens (primary N) is 1. The fraction of sp³-hybridized carbons (Fsp3) is 0.0909. The van der Waals surface area contributed by atoms with E-state index in [0.717, 1.165) is 16.8 Å². The highest BCUT2D eigenvalue weighted by Crippen LogP contribution is 2.26. The van der Waals surface area contributed by atoms with Gasteiger partial charge < -0.3 is 10.5 Å². The molecule has 72 valence electrons. The monoisotopic (exact) mass is 204 g/mol. The lowest BCUT2D eigenvalue weighted by atomic mass is 10.1. The highest BCUT2D eigenvalue weighted by atomic mass is 32.2. The van der Waals surface area contributed by atoms with Crippen LogP contribution in [0.3, 0.4) is 0 Å². The zero-order valence-corrected chi connectivity index (χ0v) is 8.77. The van der Waals surface area contributed by atoms with Crippen molar-refractivity contribution in [1.29, 1.82) is 0 Å². The Morgan fingerprint density at radius 1 is 1.21 bits per heavy atom. The molecule has 0 aliphatic heterocycles. The number of hydrogen-bond acceptors (Lipinski definition) is 3. The summed E-state index contributed by atoms with van der Waals surface area (Å²) in [5, 5.41) is 2.28. The van der Waals surface area contributed by atoms with E-state index in [-0.39, 0.29) is 0 Å². The highest BCUT2D eigenvalue weighted by Gasteiger charge is 1.99. The first-order chi connectivity index (χ1) is 6.81. The lowest BCUT2D eigenvalue weighted by Crippen LogP contribution is -1.90. The Morgan fingerprint density at radius 2 is 2.00 bits per heavy atom. The van der Waals surface area contributed by atoms with Crippen molar-refractivity contribution in [3.05, 3.63) is 36.4 Å². The molecule has 0 unspecified atom stereocenters. The van der Waals surface area contributed by atoms with E-state index >= 15 is 0 Å². The third kappa shape index (κ3) is 1.63. The summed E-state index contributed by atoms with van der Waals surface area (Å²) in [7, 11) is 0. The lowest BCUT2D eigenvalue weighted by molar-refractivity contribution is 1.70. The van der Waals surface area contributed by atoms with E-state index in [0.29, 0.717) is 0 Å². The van der Waals surface area contributed by atoms with Crippen LogP contribution >= 0.6 is 11.9 Å². The van der Waals surface area contributed by atoms with Crippen molar-refractivity contribution in [2.24, 2.45) is 0 Å². The first kappa shape index (κ1) is 9.21. The van der Waals surface area contributed by atoms with E-state index in [1.807, 2.05) is 30.5 Å². The first-order valence-electron chi connectivity index (χ1n) is 4.38. The van der Waals surface area contributed by atoms with E-state index in [4.69, 9.17) is 5.73 Å². The number of fused-ring (bicyclic) bond motifs is 1. The number of hydrogen-bond donors (Lipinski definition) is 2. The van der Waals surface area contributed by atoms with Gasteiger partial charge in [0.25, 0.3) is 0 Å². The molecular weight excluding hydrogens is 192 g/mol. The van der Waals surface area contributed by atoms with Crippen molar-refractivity contribution in [1.82, 2.24) is 0 Å². The van der Waals surface area contributed by atoms with Crippen LogP contribution < -0.4 is 10.5 Å². The SMILES string of the molecule is CSNc1cc(N)c2ccccc2c1. The van der Waals surface area contributed by atoms with Gasteiger partial charge in [-0.15, -0.1) is 0 Å². The second kappa shape index (κ2) is 3.80. The smallest absolute Gasteiger partial charge is 0.0466 e. The van der Waals surface area contributed by atoms with E-state index in [2.05, 4.69) is 16.9 Å².